The van der Waals surface area contributed by atoms with E-state index in [1.807, 2.05) is 47.0 Å². The summed E-state index contributed by atoms with van der Waals surface area (Å²) in [5.74, 6) is 0.937. The summed E-state index contributed by atoms with van der Waals surface area (Å²) in [6.07, 6.45) is 4.25. The highest BCUT2D eigenvalue weighted by Gasteiger charge is 2.29. The fraction of sp³-hybridized carbons (Fsp3) is 0.407. The summed E-state index contributed by atoms with van der Waals surface area (Å²) in [6, 6.07) is 15.2. The molecule has 1 amide bonds. The molecule has 1 aromatic heterocycles. The van der Waals surface area contributed by atoms with E-state index in [-0.39, 0.29) is 5.91 Å². The highest BCUT2D eigenvalue weighted by Crippen LogP contribution is 2.31. The fourth-order valence-corrected chi connectivity index (χ4v) is 5.50. The number of carbonyl (C=O) groups is 1. The van der Waals surface area contributed by atoms with Gasteiger partial charge in [-0.3, -0.25) is 19.3 Å². The van der Waals surface area contributed by atoms with Crippen molar-refractivity contribution >= 4 is 34.7 Å². The maximum absolute atomic E-state index is 13.7. The molecule has 0 unspecified atom stereocenters. The van der Waals surface area contributed by atoms with Gasteiger partial charge in [-0.1, -0.05) is 23.7 Å². The number of piperazine rings is 1. The molecule has 5 rings (SSSR count). The molecule has 8 heteroatoms. The predicted molar refractivity (Wildman–Crippen MR) is 142 cm³/mol. The number of hydrogen-bond donors (Lipinski definition) is 1. The van der Waals surface area contributed by atoms with Gasteiger partial charge >= 0.3 is 0 Å². The molecule has 1 aliphatic carbocycles. The van der Waals surface area contributed by atoms with E-state index in [2.05, 4.69) is 15.9 Å². The molecule has 2 aromatic carbocycles. The Morgan fingerprint density at radius 1 is 1.03 bits per heavy atom. The number of anilines is 3. The van der Waals surface area contributed by atoms with Gasteiger partial charge in [-0.25, -0.2) is 0 Å². The van der Waals surface area contributed by atoms with Crippen molar-refractivity contribution in [3.8, 4) is 0 Å². The van der Waals surface area contributed by atoms with Gasteiger partial charge in [0, 0.05) is 63.1 Å². The number of amides is 1. The van der Waals surface area contributed by atoms with Gasteiger partial charge in [0.05, 0.1) is 16.4 Å². The number of rotatable bonds is 6. The number of fused-ring (bicyclic) bond motifs is 1. The molecule has 2 N–H and O–H groups in total. The van der Waals surface area contributed by atoms with Crippen LogP contribution in [0.3, 0.4) is 0 Å². The molecule has 3 aromatic rings. The quantitative estimate of drug-likeness (QED) is 0.526. The number of halogens is 1. The first-order chi connectivity index (χ1) is 17.0. The number of para-hydroxylation sites is 1. The molecule has 0 bridgehead atoms. The Kier molecular flexibility index (Phi) is 6.97. The minimum absolute atomic E-state index is 0.00363. The molecule has 35 heavy (non-hydrogen) atoms. The van der Waals surface area contributed by atoms with Crippen LogP contribution in [0.5, 0.6) is 0 Å². The van der Waals surface area contributed by atoms with Gasteiger partial charge in [-0.15, -0.1) is 0 Å². The van der Waals surface area contributed by atoms with Gasteiger partial charge in [-0.05, 0) is 62.1 Å². The molecule has 1 aliphatic heterocycles. The van der Waals surface area contributed by atoms with Crippen molar-refractivity contribution in [3.05, 3.63) is 70.4 Å². The average molecular weight is 493 g/mol. The Bertz CT molecular complexity index is 1180. The second-order valence-corrected chi connectivity index (χ2v) is 9.85. The highest BCUT2D eigenvalue weighted by atomic mass is 35.5. The van der Waals surface area contributed by atoms with Crippen LogP contribution in [0.15, 0.2) is 48.5 Å². The minimum atomic E-state index is -0.00363. The van der Waals surface area contributed by atoms with Gasteiger partial charge in [0.1, 0.15) is 5.82 Å². The van der Waals surface area contributed by atoms with Gasteiger partial charge in [-0.2, -0.15) is 5.10 Å². The van der Waals surface area contributed by atoms with Gasteiger partial charge in [0.15, 0.2) is 0 Å². The van der Waals surface area contributed by atoms with E-state index < -0.39 is 0 Å². The van der Waals surface area contributed by atoms with Crippen LogP contribution in [0, 0.1) is 0 Å². The minimum Gasteiger partial charge on any atom is -0.399 e. The lowest BCUT2D eigenvalue weighted by Crippen LogP contribution is -2.49. The van der Waals surface area contributed by atoms with Gasteiger partial charge in [0.2, 0.25) is 0 Å². The predicted octanol–water partition coefficient (Wildman–Crippen LogP) is 4.00. The molecule has 2 heterocycles. The SMILES string of the molecule is Cn1nc2c(c1N(CCN1CCN(c3ccccc3Cl)CC1)C(=O)c1ccc(N)cc1)CCCC2. The summed E-state index contributed by atoms with van der Waals surface area (Å²) in [5, 5.41) is 5.57. The summed E-state index contributed by atoms with van der Waals surface area (Å²) < 4.78 is 1.90. The largest absolute Gasteiger partial charge is 0.399 e. The number of aromatic nitrogens is 2. The first-order valence-corrected chi connectivity index (χ1v) is 12.8. The number of hydrogen-bond acceptors (Lipinski definition) is 5. The van der Waals surface area contributed by atoms with Gasteiger partial charge < -0.3 is 10.6 Å². The number of carbonyl (C=O) groups excluding carboxylic acids is 1. The van der Waals surface area contributed by atoms with E-state index in [1.54, 1.807) is 12.1 Å². The third kappa shape index (κ3) is 5.02. The first kappa shape index (κ1) is 23.7. The lowest BCUT2D eigenvalue weighted by atomic mass is 9.97. The average Bonchev–Trinajstić information content (AvgIpc) is 3.21. The molecular formula is C27H33ClN6O. The van der Waals surface area contributed by atoms with Crippen molar-refractivity contribution in [3.63, 3.8) is 0 Å². The summed E-state index contributed by atoms with van der Waals surface area (Å²) in [4.78, 5) is 20.4. The van der Waals surface area contributed by atoms with E-state index in [1.165, 1.54) is 5.56 Å². The van der Waals surface area contributed by atoms with Crippen molar-refractivity contribution in [1.29, 1.82) is 0 Å². The van der Waals surface area contributed by atoms with Crippen LogP contribution in [-0.4, -0.2) is 59.9 Å². The molecule has 184 valence electrons. The molecule has 1 fully saturated rings. The Balaban J connectivity index is 1.33. The van der Waals surface area contributed by atoms with E-state index >= 15 is 0 Å². The van der Waals surface area contributed by atoms with E-state index in [9.17, 15) is 4.79 Å². The maximum Gasteiger partial charge on any atom is 0.259 e. The van der Waals surface area contributed by atoms with Crippen LogP contribution in [0.2, 0.25) is 5.02 Å². The van der Waals surface area contributed by atoms with Crippen LogP contribution in [0.25, 0.3) is 0 Å². The lowest BCUT2D eigenvalue weighted by molar-refractivity contribution is 0.0981. The monoisotopic (exact) mass is 492 g/mol. The number of aryl methyl sites for hydroxylation is 2. The number of benzene rings is 2. The Morgan fingerprint density at radius 2 is 1.74 bits per heavy atom. The molecule has 0 spiro atoms. The molecule has 7 nitrogen and oxygen atoms in total. The first-order valence-electron chi connectivity index (χ1n) is 12.5. The molecular weight excluding hydrogens is 460 g/mol. The summed E-state index contributed by atoms with van der Waals surface area (Å²) in [5.41, 5.74) is 10.6. The lowest BCUT2D eigenvalue weighted by Gasteiger charge is -2.37. The van der Waals surface area contributed by atoms with E-state index in [0.29, 0.717) is 17.8 Å². The van der Waals surface area contributed by atoms with E-state index in [0.717, 1.165) is 80.6 Å². The molecule has 0 atom stereocenters. The van der Waals surface area contributed by atoms with Crippen LogP contribution >= 0.6 is 11.6 Å². The Labute approximate surface area is 212 Å². The highest BCUT2D eigenvalue weighted by molar-refractivity contribution is 6.33. The normalized spacial score (nSPS) is 16.2. The van der Waals surface area contributed by atoms with Crippen LogP contribution < -0.4 is 15.5 Å². The van der Waals surface area contributed by atoms with E-state index in [4.69, 9.17) is 22.4 Å². The summed E-state index contributed by atoms with van der Waals surface area (Å²) >= 11 is 6.41. The van der Waals surface area contributed by atoms with Crippen LogP contribution in [0.4, 0.5) is 17.2 Å². The summed E-state index contributed by atoms with van der Waals surface area (Å²) in [7, 11) is 1.96. The van der Waals surface area contributed by atoms with Crippen LogP contribution in [0.1, 0.15) is 34.5 Å². The topological polar surface area (TPSA) is 70.6 Å². The standard InChI is InChI=1S/C27H33ClN6O/c1-31-26(22-6-2-4-8-24(22)30-31)34(27(35)20-10-12-21(29)13-11-20)19-16-32-14-17-33(18-15-32)25-9-5-3-7-23(25)28/h3,5,7,9-13H,2,4,6,8,14-19,29H2,1H3. The molecule has 0 saturated carbocycles. The molecule has 1 saturated heterocycles. The Hall–Kier alpha value is -3.03. The Morgan fingerprint density at radius 3 is 2.49 bits per heavy atom. The van der Waals surface area contributed by atoms with Crippen molar-refractivity contribution in [1.82, 2.24) is 14.7 Å². The number of nitrogens with two attached hydrogens (primary N) is 1. The van der Waals surface area contributed by atoms with Crippen LogP contribution in [-0.2, 0) is 19.9 Å². The van der Waals surface area contributed by atoms with Gasteiger partial charge in [0.25, 0.3) is 5.91 Å². The summed E-state index contributed by atoms with van der Waals surface area (Å²) in [6.45, 7) is 5.10. The molecule has 0 radical (unpaired) electrons. The van der Waals surface area contributed by atoms with Crippen molar-refractivity contribution in [2.75, 3.05) is 54.8 Å². The van der Waals surface area contributed by atoms with Crippen molar-refractivity contribution in [2.24, 2.45) is 7.05 Å². The van der Waals surface area contributed by atoms with Crippen molar-refractivity contribution < 1.29 is 4.79 Å². The smallest absolute Gasteiger partial charge is 0.259 e. The third-order valence-corrected chi connectivity index (χ3v) is 7.47. The molecule has 2 aliphatic rings. The third-order valence-electron chi connectivity index (χ3n) is 7.15. The number of nitrogens with zero attached hydrogens (tertiary/aromatic N) is 5. The second kappa shape index (κ2) is 10.3. The number of nitrogen functional groups attached to an aromatic ring is 1. The zero-order valence-electron chi connectivity index (χ0n) is 20.3. The second-order valence-electron chi connectivity index (χ2n) is 9.44. The van der Waals surface area contributed by atoms with Crippen molar-refractivity contribution in [2.45, 2.75) is 25.7 Å². The zero-order valence-corrected chi connectivity index (χ0v) is 21.0. The maximum atomic E-state index is 13.7. The zero-order chi connectivity index (χ0) is 24.4. The fourth-order valence-electron chi connectivity index (χ4n) is 5.25.